The van der Waals surface area contributed by atoms with Gasteiger partial charge in [-0.3, -0.25) is 4.90 Å². The molecular weight excluding hydrogens is 471 g/mol. The number of aryl methyl sites for hydroxylation is 1. The summed E-state index contributed by atoms with van der Waals surface area (Å²) in [6, 6.07) is 21.2. The van der Waals surface area contributed by atoms with Gasteiger partial charge in [-0.05, 0) is 68.0 Å². The highest BCUT2D eigenvalue weighted by Gasteiger charge is 2.34. The number of anilines is 1. The molecule has 0 radical (unpaired) electrons. The third kappa shape index (κ3) is 4.20. The van der Waals surface area contributed by atoms with E-state index in [0.29, 0.717) is 21.9 Å². The first-order chi connectivity index (χ1) is 16.4. The number of nitrogens with one attached hydrogen (secondary N) is 1. The molecule has 5 rings (SSSR count). The molecule has 170 valence electrons. The Labute approximate surface area is 206 Å². The zero-order chi connectivity index (χ0) is 23.8. The van der Waals surface area contributed by atoms with Crippen LogP contribution in [-0.4, -0.2) is 15.3 Å². The predicted molar refractivity (Wildman–Crippen MR) is 136 cm³/mol. The van der Waals surface area contributed by atoms with Crippen LogP contribution in [-0.2, 0) is 0 Å². The van der Waals surface area contributed by atoms with Gasteiger partial charge in [0.15, 0.2) is 5.11 Å². The standard InChI is InChI=1S/C26H20ClFN4OS/c1-15-6-8-17(9-7-15)24-30-25(33-31-24)22-16(2)32(21-12-10-20(28)11-13-21)26(34)29-23(22)18-4-3-5-19(27)14-18/h3-14,23H,1-2H3,(H,29,34). The highest BCUT2D eigenvalue weighted by atomic mass is 35.5. The summed E-state index contributed by atoms with van der Waals surface area (Å²) in [5.74, 6) is 0.528. The molecule has 1 aliphatic rings. The predicted octanol–water partition coefficient (Wildman–Crippen LogP) is 6.70. The van der Waals surface area contributed by atoms with E-state index in [1.165, 1.54) is 12.1 Å². The molecule has 0 saturated heterocycles. The lowest BCUT2D eigenvalue weighted by atomic mass is 9.94. The number of hydrogen-bond donors (Lipinski definition) is 1. The summed E-state index contributed by atoms with van der Waals surface area (Å²) in [5.41, 5.74) is 5.17. The van der Waals surface area contributed by atoms with Crippen LogP contribution >= 0.6 is 23.8 Å². The minimum atomic E-state index is -0.366. The zero-order valence-corrected chi connectivity index (χ0v) is 20.0. The molecule has 1 aliphatic heterocycles. The van der Waals surface area contributed by atoms with Crippen LogP contribution in [0.15, 0.2) is 83.0 Å². The van der Waals surface area contributed by atoms with Crippen molar-refractivity contribution in [2.75, 3.05) is 4.90 Å². The van der Waals surface area contributed by atoms with Gasteiger partial charge in [-0.1, -0.05) is 58.7 Å². The van der Waals surface area contributed by atoms with Gasteiger partial charge in [0.1, 0.15) is 5.82 Å². The lowest BCUT2D eigenvalue weighted by Crippen LogP contribution is -2.46. The molecule has 5 nitrogen and oxygen atoms in total. The van der Waals surface area contributed by atoms with Crippen molar-refractivity contribution in [2.24, 2.45) is 0 Å². The van der Waals surface area contributed by atoms with Crippen molar-refractivity contribution >= 4 is 40.2 Å². The SMILES string of the molecule is CC1=C(c2nc(-c3ccc(C)cc3)no2)C(c2cccc(Cl)c2)NC(=S)N1c1ccc(F)cc1. The van der Waals surface area contributed by atoms with E-state index >= 15 is 0 Å². The molecule has 1 N–H and O–H groups in total. The molecule has 8 heteroatoms. The maximum absolute atomic E-state index is 13.6. The first kappa shape index (κ1) is 22.3. The summed E-state index contributed by atoms with van der Waals surface area (Å²) < 4.78 is 19.3. The van der Waals surface area contributed by atoms with Crippen LogP contribution in [0.2, 0.25) is 5.02 Å². The molecule has 3 aromatic carbocycles. The number of halogens is 2. The molecule has 0 bridgehead atoms. The van der Waals surface area contributed by atoms with E-state index in [0.717, 1.165) is 33.6 Å². The number of hydrogen-bond acceptors (Lipinski definition) is 4. The smallest absolute Gasteiger partial charge is 0.258 e. The molecule has 1 atom stereocenters. The molecule has 34 heavy (non-hydrogen) atoms. The first-order valence-corrected chi connectivity index (χ1v) is 11.4. The molecule has 1 unspecified atom stereocenters. The minimum absolute atomic E-state index is 0.321. The van der Waals surface area contributed by atoms with E-state index in [-0.39, 0.29) is 11.9 Å². The summed E-state index contributed by atoms with van der Waals surface area (Å²) in [5, 5.41) is 8.68. The van der Waals surface area contributed by atoms with Crippen LogP contribution in [0.25, 0.3) is 17.0 Å². The fraction of sp³-hybridized carbons (Fsp3) is 0.115. The van der Waals surface area contributed by atoms with Crippen LogP contribution in [0.4, 0.5) is 10.1 Å². The van der Waals surface area contributed by atoms with Gasteiger partial charge >= 0.3 is 0 Å². The zero-order valence-electron chi connectivity index (χ0n) is 18.4. The molecule has 2 heterocycles. The molecule has 0 spiro atoms. The Morgan fingerprint density at radius 2 is 1.76 bits per heavy atom. The molecular formula is C26H20ClFN4OS. The summed E-state index contributed by atoms with van der Waals surface area (Å²) in [7, 11) is 0. The summed E-state index contributed by atoms with van der Waals surface area (Å²) >= 11 is 12.0. The van der Waals surface area contributed by atoms with Gasteiger partial charge in [-0.25, -0.2) is 4.39 Å². The number of rotatable bonds is 4. The summed E-state index contributed by atoms with van der Waals surface area (Å²) in [4.78, 5) is 6.55. The van der Waals surface area contributed by atoms with Crippen LogP contribution in [0.5, 0.6) is 0 Å². The van der Waals surface area contributed by atoms with Crippen LogP contribution in [0, 0.1) is 12.7 Å². The van der Waals surface area contributed by atoms with Crippen molar-refractivity contribution in [3.05, 3.63) is 106 Å². The number of allylic oxidation sites excluding steroid dienone is 1. The number of nitrogens with zero attached hydrogens (tertiary/aromatic N) is 3. The second-order valence-corrected chi connectivity index (χ2v) is 8.86. The van der Waals surface area contributed by atoms with Gasteiger partial charge in [0.25, 0.3) is 5.89 Å². The van der Waals surface area contributed by atoms with Gasteiger partial charge in [-0.15, -0.1) is 0 Å². The van der Waals surface area contributed by atoms with Crippen molar-refractivity contribution in [3.63, 3.8) is 0 Å². The van der Waals surface area contributed by atoms with E-state index in [2.05, 4.69) is 10.5 Å². The normalized spacial score (nSPS) is 16.1. The lowest BCUT2D eigenvalue weighted by molar-refractivity contribution is 0.404. The number of benzene rings is 3. The fourth-order valence-corrected chi connectivity index (χ4v) is 4.57. The molecule has 0 aliphatic carbocycles. The molecule has 0 saturated carbocycles. The number of aromatic nitrogens is 2. The van der Waals surface area contributed by atoms with E-state index in [1.807, 2.05) is 67.3 Å². The van der Waals surface area contributed by atoms with Crippen LogP contribution in [0.3, 0.4) is 0 Å². The molecule has 1 aromatic heterocycles. The van der Waals surface area contributed by atoms with Gasteiger partial charge in [0, 0.05) is 22.0 Å². The Kier molecular flexibility index (Phi) is 5.89. The largest absolute Gasteiger partial charge is 0.351 e. The van der Waals surface area contributed by atoms with Crippen molar-refractivity contribution in [2.45, 2.75) is 19.9 Å². The lowest BCUT2D eigenvalue weighted by Gasteiger charge is -2.37. The highest BCUT2D eigenvalue weighted by Crippen LogP contribution is 2.39. The van der Waals surface area contributed by atoms with Gasteiger partial charge in [0.2, 0.25) is 5.82 Å². The van der Waals surface area contributed by atoms with Crippen molar-refractivity contribution in [1.82, 2.24) is 15.5 Å². The van der Waals surface area contributed by atoms with E-state index in [1.54, 1.807) is 12.1 Å². The summed E-state index contributed by atoms with van der Waals surface area (Å²) in [6.07, 6.45) is 0. The van der Waals surface area contributed by atoms with Gasteiger partial charge in [0.05, 0.1) is 11.6 Å². The third-order valence-corrected chi connectivity index (χ3v) is 6.25. The quantitative estimate of drug-likeness (QED) is 0.321. The third-order valence-electron chi connectivity index (χ3n) is 5.72. The van der Waals surface area contributed by atoms with Crippen molar-refractivity contribution < 1.29 is 8.91 Å². The van der Waals surface area contributed by atoms with Crippen molar-refractivity contribution in [1.29, 1.82) is 0 Å². The monoisotopic (exact) mass is 490 g/mol. The average molecular weight is 491 g/mol. The van der Waals surface area contributed by atoms with Gasteiger partial charge in [-0.2, -0.15) is 4.98 Å². The second-order valence-electron chi connectivity index (χ2n) is 8.04. The molecule has 4 aromatic rings. The minimum Gasteiger partial charge on any atom is -0.351 e. The van der Waals surface area contributed by atoms with Crippen LogP contribution in [0.1, 0.15) is 30.0 Å². The Bertz CT molecular complexity index is 1400. The fourth-order valence-electron chi connectivity index (χ4n) is 4.01. The van der Waals surface area contributed by atoms with Crippen LogP contribution < -0.4 is 10.2 Å². The Balaban J connectivity index is 1.65. The van der Waals surface area contributed by atoms with E-state index < -0.39 is 0 Å². The van der Waals surface area contributed by atoms with Crippen molar-refractivity contribution in [3.8, 4) is 11.4 Å². The topological polar surface area (TPSA) is 54.2 Å². The molecule has 0 fully saturated rings. The molecule has 0 amide bonds. The maximum atomic E-state index is 13.6. The number of thiocarbonyl (C=S) groups is 1. The summed E-state index contributed by atoms with van der Waals surface area (Å²) in [6.45, 7) is 3.95. The second kappa shape index (κ2) is 9.00. The first-order valence-electron chi connectivity index (χ1n) is 10.6. The Morgan fingerprint density at radius 3 is 2.47 bits per heavy atom. The highest BCUT2D eigenvalue weighted by molar-refractivity contribution is 7.80. The van der Waals surface area contributed by atoms with E-state index in [4.69, 9.17) is 33.3 Å². The Hall–Kier alpha value is -3.55. The average Bonchev–Trinajstić information content (AvgIpc) is 3.30. The maximum Gasteiger partial charge on any atom is 0.258 e. The van der Waals surface area contributed by atoms with E-state index in [9.17, 15) is 4.39 Å². The Morgan fingerprint density at radius 1 is 1.03 bits per heavy atom. The van der Waals surface area contributed by atoms with Gasteiger partial charge < -0.3 is 9.84 Å².